The van der Waals surface area contributed by atoms with Gasteiger partial charge in [-0.3, -0.25) is 4.79 Å². The largest absolute Gasteiger partial charge is 0.298 e. The minimum absolute atomic E-state index is 0.194. The summed E-state index contributed by atoms with van der Waals surface area (Å²) in [6.07, 6.45) is 7.86. The van der Waals surface area contributed by atoms with Crippen molar-refractivity contribution in [3.8, 4) is 0 Å². The lowest BCUT2D eigenvalue weighted by molar-refractivity contribution is -0.124. The van der Waals surface area contributed by atoms with Crippen LogP contribution in [0.1, 0.15) is 19.3 Å². The molecule has 1 heteroatoms. The smallest absolute Gasteiger partial charge is 0.146 e. The first-order chi connectivity index (χ1) is 4.83. The average Bonchev–Trinajstić information content (AvgIpc) is 2.51. The van der Waals surface area contributed by atoms with E-state index in [9.17, 15) is 4.79 Å². The molecular formula is C9H10O. The molecule has 2 saturated carbocycles. The molecule has 2 fully saturated rings. The standard InChI is InChI=1S/C9H10O/c10-8-6-1-2-7(5-6)9(8)3-4-9/h1-2,6-7H,3-5H2. The molecule has 10 heavy (non-hydrogen) atoms. The third kappa shape index (κ3) is 0.352. The quantitative estimate of drug-likeness (QED) is 0.459. The second-order valence-corrected chi connectivity index (χ2v) is 3.85. The zero-order valence-corrected chi connectivity index (χ0v) is 5.84. The van der Waals surface area contributed by atoms with Crippen LogP contribution in [0.4, 0.5) is 0 Å². The second-order valence-electron chi connectivity index (χ2n) is 3.85. The van der Waals surface area contributed by atoms with Gasteiger partial charge in [0.2, 0.25) is 0 Å². The Morgan fingerprint density at radius 1 is 1.40 bits per heavy atom. The number of fused-ring (bicyclic) bond motifs is 3. The molecule has 1 spiro atoms. The van der Waals surface area contributed by atoms with Crippen molar-refractivity contribution in [3.63, 3.8) is 0 Å². The summed E-state index contributed by atoms with van der Waals surface area (Å²) in [4.78, 5) is 11.5. The van der Waals surface area contributed by atoms with Gasteiger partial charge in [-0.2, -0.15) is 0 Å². The van der Waals surface area contributed by atoms with Gasteiger partial charge in [-0.25, -0.2) is 0 Å². The topological polar surface area (TPSA) is 17.1 Å². The Balaban J connectivity index is 2.14. The van der Waals surface area contributed by atoms with E-state index in [4.69, 9.17) is 0 Å². The first kappa shape index (κ1) is 5.11. The molecule has 0 radical (unpaired) electrons. The zero-order valence-electron chi connectivity index (χ0n) is 5.84. The Kier molecular flexibility index (Phi) is 0.627. The molecule has 1 nitrogen and oxygen atoms in total. The summed E-state index contributed by atoms with van der Waals surface area (Å²) >= 11 is 0. The number of allylic oxidation sites excluding steroid dienone is 2. The zero-order chi connectivity index (χ0) is 6.77. The number of Topliss-reactive ketones (excluding diaryl/α,β-unsaturated/α-hetero) is 1. The van der Waals surface area contributed by atoms with Gasteiger partial charge in [0, 0.05) is 11.3 Å². The molecule has 3 rings (SSSR count). The van der Waals surface area contributed by atoms with Crippen LogP contribution in [0.2, 0.25) is 0 Å². The summed E-state index contributed by atoms with van der Waals surface area (Å²) in [7, 11) is 0. The van der Waals surface area contributed by atoms with Crippen molar-refractivity contribution in [1.29, 1.82) is 0 Å². The molecule has 0 aromatic rings. The number of hydrogen-bond acceptors (Lipinski definition) is 1. The van der Waals surface area contributed by atoms with E-state index in [0.717, 1.165) is 6.42 Å². The minimum atomic E-state index is 0.194. The van der Waals surface area contributed by atoms with Crippen LogP contribution in [0.25, 0.3) is 0 Å². The van der Waals surface area contributed by atoms with E-state index in [0.29, 0.717) is 17.6 Å². The molecule has 0 aromatic heterocycles. The molecule has 3 aliphatic rings. The van der Waals surface area contributed by atoms with Crippen LogP contribution in [-0.4, -0.2) is 5.78 Å². The van der Waals surface area contributed by atoms with E-state index >= 15 is 0 Å². The van der Waals surface area contributed by atoms with Crippen LogP contribution in [0.15, 0.2) is 12.2 Å². The van der Waals surface area contributed by atoms with Crippen molar-refractivity contribution in [2.24, 2.45) is 17.3 Å². The van der Waals surface area contributed by atoms with Crippen LogP contribution >= 0.6 is 0 Å². The van der Waals surface area contributed by atoms with E-state index in [-0.39, 0.29) is 5.41 Å². The molecule has 2 bridgehead atoms. The molecule has 0 aromatic carbocycles. The predicted octanol–water partition coefficient (Wildman–Crippen LogP) is 1.54. The van der Waals surface area contributed by atoms with Crippen molar-refractivity contribution in [3.05, 3.63) is 12.2 Å². The van der Waals surface area contributed by atoms with Gasteiger partial charge in [0.25, 0.3) is 0 Å². The van der Waals surface area contributed by atoms with Crippen molar-refractivity contribution in [2.45, 2.75) is 19.3 Å². The predicted molar refractivity (Wildman–Crippen MR) is 37.4 cm³/mol. The Morgan fingerprint density at radius 3 is 2.60 bits per heavy atom. The van der Waals surface area contributed by atoms with E-state index in [1.54, 1.807) is 0 Å². The fourth-order valence-electron chi connectivity index (χ4n) is 2.61. The van der Waals surface area contributed by atoms with Crippen molar-refractivity contribution in [1.82, 2.24) is 0 Å². The summed E-state index contributed by atoms with van der Waals surface area (Å²) in [5, 5.41) is 0. The van der Waals surface area contributed by atoms with Crippen molar-refractivity contribution < 1.29 is 4.79 Å². The highest BCUT2D eigenvalue weighted by molar-refractivity contribution is 5.95. The van der Waals surface area contributed by atoms with Gasteiger partial charge in [-0.15, -0.1) is 0 Å². The fourth-order valence-corrected chi connectivity index (χ4v) is 2.61. The molecule has 0 amide bonds. The lowest BCUT2D eigenvalue weighted by Gasteiger charge is -2.13. The number of rotatable bonds is 0. The van der Waals surface area contributed by atoms with Gasteiger partial charge < -0.3 is 0 Å². The van der Waals surface area contributed by atoms with Crippen LogP contribution in [0.5, 0.6) is 0 Å². The van der Waals surface area contributed by atoms with Gasteiger partial charge in [0.15, 0.2) is 0 Å². The molecule has 52 valence electrons. The van der Waals surface area contributed by atoms with Crippen LogP contribution in [-0.2, 0) is 4.79 Å². The highest BCUT2D eigenvalue weighted by Gasteiger charge is 2.62. The molecular weight excluding hydrogens is 124 g/mol. The maximum absolute atomic E-state index is 11.5. The number of ketones is 1. The maximum Gasteiger partial charge on any atom is 0.146 e. The molecule has 3 aliphatic carbocycles. The average molecular weight is 134 g/mol. The lowest BCUT2D eigenvalue weighted by atomic mass is 9.89. The van der Waals surface area contributed by atoms with Gasteiger partial charge in [-0.1, -0.05) is 12.2 Å². The second kappa shape index (κ2) is 1.23. The van der Waals surface area contributed by atoms with Gasteiger partial charge >= 0.3 is 0 Å². The Morgan fingerprint density at radius 2 is 2.20 bits per heavy atom. The first-order valence-electron chi connectivity index (χ1n) is 4.06. The molecule has 2 unspecified atom stereocenters. The summed E-state index contributed by atoms with van der Waals surface area (Å²) in [6, 6.07) is 0. The monoisotopic (exact) mass is 134 g/mol. The van der Waals surface area contributed by atoms with E-state index < -0.39 is 0 Å². The maximum atomic E-state index is 11.5. The van der Waals surface area contributed by atoms with Crippen LogP contribution < -0.4 is 0 Å². The van der Waals surface area contributed by atoms with Crippen molar-refractivity contribution in [2.75, 3.05) is 0 Å². The number of carbonyl (C=O) groups is 1. The van der Waals surface area contributed by atoms with Gasteiger partial charge in [-0.05, 0) is 25.2 Å². The summed E-state index contributed by atoms with van der Waals surface area (Å²) in [6.45, 7) is 0. The Bertz CT molecular complexity index is 235. The Labute approximate surface area is 60.1 Å². The van der Waals surface area contributed by atoms with Crippen molar-refractivity contribution >= 4 is 5.78 Å². The SMILES string of the molecule is O=C1C2C=CC(C2)C12CC2. The Hall–Kier alpha value is -0.590. The van der Waals surface area contributed by atoms with Gasteiger partial charge in [0.1, 0.15) is 5.78 Å². The van der Waals surface area contributed by atoms with E-state index in [1.807, 2.05) is 0 Å². The molecule has 0 N–H and O–H groups in total. The fraction of sp³-hybridized carbons (Fsp3) is 0.667. The third-order valence-electron chi connectivity index (χ3n) is 3.41. The molecule has 0 saturated heterocycles. The lowest BCUT2D eigenvalue weighted by Crippen LogP contribution is -2.19. The molecule has 0 aliphatic heterocycles. The normalized spacial score (nSPS) is 45.4. The first-order valence-corrected chi connectivity index (χ1v) is 4.06. The minimum Gasteiger partial charge on any atom is -0.298 e. The third-order valence-corrected chi connectivity index (χ3v) is 3.41. The number of carbonyl (C=O) groups excluding carboxylic acids is 1. The van der Waals surface area contributed by atoms with Crippen LogP contribution in [0.3, 0.4) is 0 Å². The summed E-state index contributed by atoms with van der Waals surface area (Å²) in [5.74, 6) is 1.53. The summed E-state index contributed by atoms with van der Waals surface area (Å²) < 4.78 is 0. The highest BCUT2D eigenvalue weighted by Crippen LogP contribution is 2.63. The van der Waals surface area contributed by atoms with E-state index in [1.165, 1.54) is 12.8 Å². The molecule has 0 heterocycles. The molecule has 2 atom stereocenters. The van der Waals surface area contributed by atoms with Crippen LogP contribution in [0, 0.1) is 17.3 Å². The highest BCUT2D eigenvalue weighted by atomic mass is 16.1. The van der Waals surface area contributed by atoms with E-state index in [2.05, 4.69) is 12.2 Å². The van der Waals surface area contributed by atoms with Gasteiger partial charge in [0.05, 0.1) is 0 Å². The summed E-state index contributed by atoms with van der Waals surface area (Å²) in [5.41, 5.74) is 0.194. The number of hydrogen-bond donors (Lipinski definition) is 0.